The molecule has 104 valence electrons. The lowest BCUT2D eigenvalue weighted by atomic mass is 10.0. The van der Waals surface area contributed by atoms with Gasteiger partial charge in [-0.15, -0.1) is 0 Å². The van der Waals surface area contributed by atoms with Gasteiger partial charge < -0.3 is 19.9 Å². The Hall–Kier alpha value is -1.75. The third kappa shape index (κ3) is 3.61. The smallest absolute Gasteiger partial charge is 0.303 e. The number of carbonyl (C=O) groups is 1. The number of hydrogen-bond donors (Lipinski definition) is 2. The van der Waals surface area contributed by atoms with E-state index in [1.165, 1.54) is 0 Å². The van der Waals surface area contributed by atoms with E-state index in [-0.39, 0.29) is 12.5 Å². The summed E-state index contributed by atoms with van der Waals surface area (Å²) in [5, 5.41) is 11.9. The first kappa shape index (κ1) is 13.7. The van der Waals surface area contributed by atoms with Crippen LogP contribution >= 0.6 is 0 Å². The highest BCUT2D eigenvalue weighted by Gasteiger charge is 2.16. The summed E-state index contributed by atoms with van der Waals surface area (Å²) in [7, 11) is 1.88. The second-order valence-corrected chi connectivity index (χ2v) is 4.53. The summed E-state index contributed by atoms with van der Waals surface area (Å²) >= 11 is 0. The second kappa shape index (κ2) is 6.43. The zero-order valence-corrected chi connectivity index (χ0v) is 11.0. The van der Waals surface area contributed by atoms with Crippen LogP contribution < -0.4 is 14.8 Å². The largest absolute Gasteiger partial charge is 0.486 e. The molecule has 0 fully saturated rings. The van der Waals surface area contributed by atoms with Crippen molar-refractivity contribution in [3.8, 4) is 11.5 Å². The summed E-state index contributed by atoms with van der Waals surface area (Å²) in [5.41, 5.74) is 1.09. The Balaban J connectivity index is 2.03. The number of benzene rings is 1. The third-order valence-electron chi connectivity index (χ3n) is 3.20. The number of aliphatic carboxylic acids is 1. The molecule has 2 rings (SSSR count). The van der Waals surface area contributed by atoms with E-state index in [2.05, 4.69) is 5.32 Å². The van der Waals surface area contributed by atoms with Gasteiger partial charge in [-0.05, 0) is 37.6 Å². The number of hydrogen-bond acceptors (Lipinski definition) is 4. The molecule has 1 atom stereocenters. The zero-order chi connectivity index (χ0) is 13.7. The normalized spacial score (nSPS) is 15.0. The maximum atomic E-state index is 10.5. The molecule has 0 spiro atoms. The van der Waals surface area contributed by atoms with Crippen LogP contribution in [0, 0.1) is 0 Å². The van der Waals surface area contributed by atoms with E-state index in [0.717, 1.165) is 23.5 Å². The highest BCUT2D eigenvalue weighted by molar-refractivity contribution is 5.66. The van der Waals surface area contributed by atoms with Crippen molar-refractivity contribution in [2.24, 2.45) is 0 Å². The van der Waals surface area contributed by atoms with E-state index in [9.17, 15) is 4.79 Å². The van der Waals surface area contributed by atoms with E-state index in [0.29, 0.717) is 19.6 Å². The molecule has 1 aromatic carbocycles. The molecule has 5 heteroatoms. The Morgan fingerprint density at radius 1 is 1.37 bits per heavy atom. The van der Waals surface area contributed by atoms with Gasteiger partial charge >= 0.3 is 5.97 Å². The molecule has 0 radical (unpaired) electrons. The molecule has 1 aromatic rings. The van der Waals surface area contributed by atoms with Crippen molar-refractivity contribution in [1.29, 1.82) is 0 Å². The van der Waals surface area contributed by atoms with Gasteiger partial charge in [-0.25, -0.2) is 0 Å². The second-order valence-electron chi connectivity index (χ2n) is 4.53. The summed E-state index contributed by atoms with van der Waals surface area (Å²) in [4.78, 5) is 10.5. The van der Waals surface area contributed by atoms with E-state index in [1.807, 2.05) is 25.2 Å². The maximum absolute atomic E-state index is 10.5. The van der Waals surface area contributed by atoms with Crippen molar-refractivity contribution < 1.29 is 19.4 Å². The van der Waals surface area contributed by atoms with Crippen LogP contribution in [0.1, 0.15) is 30.9 Å². The van der Waals surface area contributed by atoms with Gasteiger partial charge in [0.1, 0.15) is 13.2 Å². The Morgan fingerprint density at radius 3 is 2.79 bits per heavy atom. The molecule has 0 aliphatic carbocycles. The van der Waals surface area contributed by atoms with Crippen LogP contribution in [-0.2, 0) is 4.79 Å². The van der Waals surface area contributed by atoms with Crippen LogP contribution in [0.15, 0.2) is 18.2 Å². The summed E-state index contributed by atoms with van der Waals surface area (Å²) in [6.07, 6.45) is 1.63. The fourth-order valence-corrected chi connectivity index (χ4v) is 2.21. The molecule has 5 nitrogen and oxygen atoms in total. The van der Waals surface area contributed by atoms with Gasteiger partial charge in [0.2, 0.25) is 0 Å². The average molecular weight is 265 g/mol. The molecule has 1 unspecified atom stereocenters. The first-order valence-corrected chi connectivity index (χ1v) is 6.49. The van der Waals surface area contributed by atoms with Crippen LogP contribution in [0.4, 0.5) is 0 Å². The molecule has 0 saturated carbocycles. The summed E-state index contributed by atoms with van der Waals surface area (Å²) in [6, 6.07) is 6.01. The maximum Gasteiger partial charge on any atom is 0.303 e. The zero-order valence-electron chi connectivity index (χ0n) is 11.0. The molecule has 0 amide bonds. The lowest BCUT2D eigenvalue weighted by Crippen LogP contribution is -2.19. The van der Waals surface area contributed by atoms with Crippen LogP contribution in [0.3, 0.4) is 0 Å². The molecule has 2 N–H and O–H groups in total. The minimum absolute atomic E-state index is 0.134. The number of carboxylic acids is 1. The van der Waals surface area contributed by atoms with Crippen molar-refractivity contribution in [3.05, 3.63) is 23.8 Å². The van der Waals surface area contributed by atoms with E-state index >= 15 is 0 Å². The first-order valence-electron chi connectivity index (χ1n) is 6.49. The monoisotopic (exact) mass is 265 g/mol. The van der Waals surface area contributed by atoms with Gasteiger partial charge in [0.25, 0.3) is 0 Å². The lowest BCUT2D eigenvalue weighted by Gasteiger charge is -2.22. The van der Waals surface area contributed by atoms with Gasteiger partial charge in [0.05, 0.1) is 0 Å². The van der Waals surface area contributed by atoms with E-state index in [1.54, 1.807) is 0 Å². The Bertz CT molecular complexity index is 447. The summed E-state index contributed by atoms with van der Waals surface area (Å²) in [6.45, 7) is 1.15. The lowest BCUT2D eigenvalue weighted by molar-refractivity contribution is -0.137. The van der Waals surface area contributed by atoms with E-state index in [4.69, 9.17) is 14.6 Å². The SMILES string of the molecule is CNC(CCCC(=O)O)c1ccc2c(c1)OCCO2. The number of rotatable bonds is 6. The fraction of sp³-hybridized carbons (Fsp3) is 0.500. The number of nitrogens with one attached hydrogen (secondary N) is 1. The van der Waals surface area contributed by atoms with Crippen LogP contribution in [-0.4, -0.2) is 31.3 Å². The van der Waals surface area contributed by atoms with Crippen LogP contribution in [0.2, 0.25) is 0 Å². The molecule has 0 saturated heterocycles. The fourth-order valence-electron chi connectivity index (χ4n) is 2.21. The molecule has 19 heavy (non-hydrogen) atoms. The molecular weight excluding hydrogens is 246 g/mol. The highest BCUT2D eigenvalue weighted by Crippen LogP contribution is 2.33. The minimum Gasteiger partial charge on any atom is -0.486 e. The predicted molar refractivity (Wildman–Crippen MR) is 70.7 cm³/mol. The van der Waals surface area contributed by atoms with Gasteiger partial charge in [0, 0.05) is 12.5 Å². The number of fused-ring (bicyclic) bond motifs is 1. The van der Waals surface area contributed by atoms with Crippen molar-refractivity contribution in [2.75, 3.05) is 20.3 Å². The van der Waals surface area contributed by atoms with Gasteiger partial charge in [-0.1, -0.05) is 6.07 Å². The molecule has 1 heterocycles. The van der Waals surface area contributed by atoms with Gasteiger partial charge in [0.15, 0.2) is 11.5 Å². The molecule has 0 aromatic heterocycles. The topological polar surface area (TPSA) is 67.8 Å². The van der Waals surface area contributed by atoms with Crippen molar-refractivity contribution in [2.45, 2.75) is 25.3 Å². The Kier molecular flexibility index (Phi) is 4.63. The molecule has 0 bridgehead atoms. The van der Waals surface area contributed by atoms with Gasteiger partial charge in [-0.2, -0.15) is 0 Å². The summed E-state index contributed by atoms with van der Waals surface area (Å²) in [5.74, 6) is 0.787. The van der Waals surface area contributed by atoms with Crippen molar-refractivity contribution in [1.82, 2.24) is 5.32 Å². The molecule has 1 aliphatic heterocycles. The Labute approximate surface area is 112 Å². The van der Waals surface area contributed by atoms with Crippen LogP contribution in [0.25, 0.3) is 0 Å². The van der Waals surface area contributed by atoms with Crippen LogP contribution in [0.5, 0.6) is 11.5 Å². The predicted octanol–water partition coefficient (Wildman–Crippen LogP) is 1.97. The minimum atomic E-state index is -0.753. The quantitative estimate of drug-likeness (QED) is 0.823. The molecular formula is C14H19NO4. The average Bonchev–Trinajstić information content (AvgIpc) is 2.43. The van der Waals surface area contributed by atoms with Crippen molar-refractivity contribution >= 4 is 5.97 Å². The first-order chi connectivity index (χ1) is 9.20. The highest BCUT2D eigenvalue weighted by atomic mass is 16.6. The number of carboxylic acid groups (broad SMARTS) is 1. The Morgan fingerprint density at radius 2 is 2.11 bits per heavy atom. The standard InChI is InChI=1S/C14H19NO4/c1-15-11(3-2-4-14(16)17)10-5-6-12-13(9-10)19-8-7-18-12/h5-6,9,11,15H,2-4,7-8H2,1H3,(H,16,17). The molecule has 1 aliphatic rings. The summed E-state index contributed by atoms with van der Waals surface area (Å²) < 4.78 is 11.0. The van der Waals surface area contributed by atoms with Gasteiger partial charge in [-0.3, -0.25) is 4.79 Å². The van der Waals surface area contributed by atoms with E-state index < -0.39 is 5.97 Å². The third-order valence-corrected chi connectivity index (χ3v) is 3.20. The number of ether oxygens (including phenoxy) is 2. The van der Waals surface area contributed by atoms with Crippen molar-refractivity contribution in [3.63, 3.8) is 0 Å².